The van der Waals surface area contributed by atoms with Gasteiger partial charge in [-0.25, -0.2) is 0 Å². The van der Waals surface area contributed by atoms with Gasteiger partial charge in [-0.1, -0.05) is 12.1 Å². The minimum atomic E-state index is 0.281. The van der Waals surface area contributed by atoms with Crippen molar-refractivity contribution in [3.63, 3.8) is 0 Å². The number of hydrogen-bond acceptors (Lipinski definition) is 4. The lowest BCUT2D eigenvalue weighted by Gasteiger charge is -2.35. The maximum Gasteiger partial charge on any atom is 0.166 e. The average Bonchev–Trinajstić information content (AvgIpc) is 3.40. The highest BCUT2D eigenvalue weighted by Gasteiger charge is 2.25. The van der Waals surface area contributed by atoms with E-state index in [1.54, 1.807) is 7.11 Å². The number of rotatable bonds is 6. The van der Waals surface area contributed by atoms with Crippen molar-refractivity contribution in [2.45, 2.75) is 24.9 Å². The zero-order valence-corrected chi connectivity index (χ0v) is 14.4. The van der Waals surface area contributed by atoms with Crippen LogP contribution in [0.1, 0.15) is 24.4 Å². The molecule has 1 saturated carbocycles. The van der Waals surface area contributed by atoms with E-state index in [-0.39, 0.29) is 6.04 Å². The Kier molecular flexibility index (Phi) is 5.70. The number of nitrogens with one attached hydrogen (secondary N) is 2. The summed E-state index contributed by atoms with van der Waals surface area (Å²) in [5, 5.41) is 7.49. The average molecular weight is 335 g/mol. The normalized spacial score (nSPS) is 19.9. The second-order valence-electron chi connectivity index (χ2n) is 6.07. The molecule has 0 aromatic heterocycles. The van der Waals surface area contributed by atoms with Crippen LogP contribution in [-0.2, 0) is 4.74 Å². The number of thiocarbonyl (C=S) groups is 1. The molecule has 1 aliphatic carbocycles. The van der Waals surface area contributed by atoms with Crippen LogP contribution in [0.3, 0.4) is 0 Å². The Morgan fingerprint density at radius 1 is 1.30 bits per heavy atom. The second-order valence-corrected chi connectivity index (χ2v) is 6.47. The van der Waals surface area contributed by atoms with Crippen molar-refractivity contribution in [3.05, 3.63) is 29.8 Å². The maximum absolute atomic E-state index is 5.49. The van der Waals surface area contributed by atoms with Crippen molar-refractivity contribution in [2.24, 2.45) is 0 Å². The van der Waals surface area contributed by atoms with Gasteiger partial charge in [0.25, 0.3) is 0 Å². The van der Waals surface area contributed by atoms with Gasteiger partial charge in [0, 0.05) is 25.7 Å². The third-order valence-electron chi connectivity index (χ3n) is 4.36. The van der Waals surface area contributed by atoms with E-state index in [2.05, 4.69) is 27.7 Å². The predicted octanol–water partition coefficient (Wildman–Crippen LogP) is 1.69. The Labute approximate surface area is 143 Å². The Morgan fingerprint density at radius 2 is 2.00 bits per heavy atom. The summed E-state index contributed by atoms with van der Waals surface area (Å²) in [5.74, 6) is 0.883. The first kappa shape index (κ1) is 16.5. The van der Waals surface area contributed by atoms with Crippen molar-refractivity contribution >= 4 is 17.3 Å². The van der Waals surface area contributed by atoms with E-state index in [0.29, 0.717) is 6.04 Å². The first-order valence-electron chi connectivity index (χ1n) is 8.26. The van der Waals surface area contributed by atoms with Gasteiger partial charge in [0.15, 0.2) is 5.11 Å². The minimum Gasteiger partial charge on any atom is -0.497 e. The highest BCUT2D eigenvalue weighted by molar-refractivity contribution is 7.80. The molecule has 0 spiro atoms. The lowest BCUT2D eigenvalue weighted by Crippen LogP contribution is -2.46. The third-order valence-corrected chi connectivity index (χ3v) is 4.62. The fraction of sp³-hybridized carbons (Fsp3) is 0.588. The van der Waals surface area contributed by atoms with E-state index < -0.39 is 0 Å². The minimum absolute atomic E-state index is 0.281. The van der Waals surface area contributed by atoms with Gasteiger partial charge in [-0.05, 0) is 42.8 Å². The molecule has 1 saturated heterocycles. The number of benzene rings is 1. The fourth-order valence-corrected chi connectivity index (χ4v) is 3.08. The molecule has 0 unspecified atom stereocenters. The van der Waals surface area contributed by atoms with Gasteiger partial charge in [-0.2, -0.15) is 0 Å². The Morgan fingerprint density at radius 3 is 2.61 bits per heavy atom. The topological polar surface area (TPSA) is 45.8 Å². The lowest BCUT2D eigenvalue weighted by atomic mass is 10.0. The summed E-state index contributed by atoms with van der Waals surface area (Å²) >= 11 is 5.39. The first-order valence-corrected chi connectivity index (χ1v) is 8.67. The van der Waals surface area contributed by atoms with Gasteiger partial charge in [0.05, 0.1) is 26.4 Å². The highest BCUT2D eigenvalue weighted by Crippen LogP contribution is 2.24. The standard InChI is InChI=1S/C17H25N3O2S/c1-21-15-6-2-13(3-7-15)16(20-8-10-22-11-9-20)12-18-17(23)19-14-4-5-14/h2-3,6-7,14,16H,4-5,8-12H2,1H3,(H2,18,19,23)/t16-/m1/s1. The SMILES string of the molecule is COc1ccc([C@@H](CNC(=S)NC2CC2)N2CCOCC2)cc1. The summed E-state index contributed by atoms with van der Waals surface area (Å²) in [6.45, 7) is 4.27. The molecule has 0 amide bonds. The molecule has 0 radical (unpaired) electrons. The number of hydrogen-bond donors (Lipinski definition) is 2. The molecule has 1 aliphatic heterocycles. The molecule has 126 valence electrons. The van der Waals surface area contributed by atoms with Crippen LogP contribution in [0.25, 0.3) is 0 Å². The maximum atomic E-state index is 5.49. The molecule has 3 rings (SSSR count). The van der Waals surface area contributed by atoms with Crippen molar-refractivity contribution in [1.82, 2.24) is 15.5 Å². The van der Waals surface area contributed by atoms with E-state index in [4.69, 9.17) is 21.7 Å². The van der Waals surface area contributed by atoms with Crippen molar-refractivity contribution in [2.75, 3.05) is 40.0 Å². The number of methoxy groups -OCH3 is 1. The summed E-state index contributed by atoms with van der Waals surface area (Å²) in [6.07, 6.45) is 2.46. The zero-order valence-electron chi connectivity index (χ0n) is 13.6. The van der Waals surface area contributed by atoms with Crippen LogP contribution >= 0.6 is 12.2 Å². The van der Waals surface area contributed by atoms with E-state index in [1.807, 2.05) is 12.1 Å². The molecule has 5 nitrogen and oxygen atoms in total. The van der Waals surface area contributed by atoms with Crippen LogP contribution < -0.4 is 15.4 Å². The van der Waals surface area contributed by atoms with Crippen LogP contribution in [0.4, 0.5) is 0 Å². The molecule has 2 N–H and O–H groups in total. The van der Waals surface area contributed by atoms with Crippen LogP contribution in [0, 0.1) is 0 Å². The van der Waals surface area contributed by atoms with Crippen LogP contribution in [-0.4, -0.2) is 56.0 Å². The molecule has 1 heterocycles. The van der Waals surface area contributed by atoms with Crippen LogP contribution in [0.2, 0.25) is 0 Å². The Hall–Kier alpha value is -1.37. The fourth-order valence-electron chi connectivity index (χ4n) is 2.83. The molecule has 2 aliphatic rings. The van der Waals surface area contributed by atoms with E-state index in [1.165, 1.54) is 18.4 Å². The van der Waals surface area contributed by atoms with E-state index in [0.717, 1.165) is 43.7 Å². The second kappa shape index (κ2) is 7.95. The number of ether oxygens (including phenoxy) is 2. The van der Waals surface area contributed by atoms with Crippen LogP contribution in [0.5, 0.6) is 5.75 Å². The number of nitrogens with zero attached hydrogens (tertiary/aromatic N) is 1. The summed E-state index contributed by atoms with van der Waals surface area (Å²) in [5.41, 5.74) is 1.27. The smallest absolute Gasteiger partial charge is 0.166 e. The van der Waals surface area contributed by atoms with E-state index >= 15 is 0 Å². The van der Waals surface area contributed by atoms with Gasteiger partial charge in [-0.3, -0.25) is 4.90 Å². The summed E-state index contributed by atoms with van der Waals surface area (Å²) in [7, 11) is 1.69. The predicted molar refractivity (Wildman–Crippen MR) is 94.9 cm³/mol. The molecule has 1 aromatic rings. The molecule has 0 bridgehead atoms. The third kappa shape index (κ3) is 4.80. The van der Waals surface area contributed by atoms with Crippen molar-refractivity contribution < 1.29 is 9.47 Å². The first-order chi connectivity index (χ1) is 11.3. The number of morpholine rings is 1. The van der Waals surface area contributed by atoms with Crippen molar-refractivity contribution in [1.29, 1.82) is 0 Å². The molecule has 1 aromatic carbocycles. The molecule has 2 fully saturated rings. The van der Waals surface area contributed by atoms with Gasteiger partial charge < -0.3 is 20.1 Å². The summed E-state index contributed by atoms with van der Waals surface area (Å²) in [6, 6.07) is 9.17. The molecule has 1 atom stereocenters. The van der Waals surface area contributed by atoms with Gasteiger partial charge in [-0.15, -0.1) is 0 Å². The van der Waals surface area contributed by atoms with E-state index in [9.17, 15) is 0 Å². The van der Waals surface area contributed by atoms with Crippen LogP contribution in [0.15, 0.2) is 24.3 Å². The largest absolute Gasteiger partial charge is 0.497 e. The monoisotopic (exact) mass is 335 g/mol. The van der Waals surface area contributed by atoms with Crippen molar-refractivity contribution in [3.8, 4) is 5.75 Å². The quantitative estimate of drug-likeness (QED) is 0.772. The Balaban J connectivity index is 1.65. The zero-order chi connectivity index (χ0) is 16.1. The molecular formula is C17H25N3O2S. The Bertz CT molecular complexity index is 513. The highest BCUT2D eigenvalue weighted by atomic mass is 32.1. The molecule has 6 heteroatoms. The van der Waals surface area contributed by atoms with Gasteiger partial charge in [0.1, 0.15) is 5.75 Å². The molecular weight excluding hydrogens is 310 g/mol. The summed E-state index contributed by atoms with van der Waals surface area (Å²) in [4.78, 5) is 2.46. The lowest BCUT2D eigenvalue weighted by molar-refractivity contribution is 0.0170. The summed E-state index contributed by atoms with van der Waals surface area (Å²) < 4.78 is 10.8. The van der Waals surface area contributed by atoms with Gasteiger partial charge in [0.2, 0.25) is 0 Å². The molecule has 23 heavy (non-hydrogen) atoms. The van der Waals surface area contributed by atoms with Gasteiger partial charge >= 0.3 is 0 Å².